The Bertz CT molecular complexity index is 744. The maximum atomic E-state index is 9.13. The molecule has 0 fully saturated rings. The Morgan fingerprint density at radius 2 is 1.89 bits per heavy atom. The van der Waals surface area contributed by atoms with E-state index in [1.54, 1.807) is 22.8 Å². The molecule has 0 atom stereocenters. The number of nitriles is 2. The largest absolute Gasteiger partial charge is 0.384 e. The van der Waals surface area contributed by atoms with Gasteiger partial charge >= 0.3 is 0 Å². The molecular weight excluding hydrogens is 260 g/mol. The first-order valence-electron chi connectivity index (χ1n) is 5.58. The van der Waals surface area contributed by atoms with Crippen LogP contribution in [0.1, 0.15) is 22.4 Å². The molecule has 1 heterocycles. The number of hydrogen-bond donors (Lipinski definition) is 1. The molecule has 0 radical (unpaired) electrons. The van der Waals surface area contributed by atoms with Crippen molar-refractivity contribution in [1.29, 1.82) is 10.5 Å². The van der Waals surface area contributed by atoms with Gasteiger partial charge in [0.1, 0.15) is 11.9 Å². The van der Waals surface area contributed by atoms with Gasteiger partial charge in [-0.05, 0) is 37.6 Å². The second kappa shape index (κ2) is 4.68. The SMILES string of the molecule is Cc1c(C#N)c(N)n(-c2cc(C#N)ccc2Cl)c1C. The molecule has 5 heteroatoms. The quantitative estimate of drug-likeness (QED) is 0.865. The molecule has 0 bridgehead atoms. The normalized spacial score (nSPS) is 9.95. The standard InChI is InChI=1S/C14H11ClN4/c1-8-9(2)19(14(18)11(8)7-17)13-5-10(6-16)3-4-12(13)15/h3-5H,18H2,1-2H3. The van der Waals surface area contributed by atoms with Crippen LogP contribution in [0.25, 0.3) is 5.69 Å². The molecule has 1 aromatic heterocycles. The minimum atomic E-state index is 0.342. The van der Waals surface area contributed by atoms with Crippen LogP contribution in [0.2, 0.25) is 5.02 Å². The van der Waals surface area contributed by atoms with Gasteiger partial charge in [0, 0.05) is 5.69 Å². The molecule has 0 unspecified atom stereocenters. The Balaban J connectivity index is 2.81. The lowest BCUT2D eigenvalue weighted by molar-refractivity contribution is 1.02. The number of rotatable bonds is 1. The Labute approximate surface area is 116 Å². The molecule has 0 saturated heterocycles. The lowest BCUT2D eigenvalue weighted by Crippen LogP contribution is -2.03. The van der Waals surface area contributed by atoms with E-state index in [1.807, 2.05) is 13.8 Å². The summed E-state index contributed by atoms with van der Waals surface area (Å²) in [6.07, 6.45) is 0. The fraction of sp³-hybridized carbons (Fsp3) is 0.143. The first kappa shape index (κ1) is 13.0. The lowest BCUT2D eigenvalue weighted by Gasteiger charge is -2.11. The molecule has 19 heavy (non-hydrogen) atoms. The van der Waals surface area contributed by atoms with E-state index < -0.39 is 0 Å². The number of nitrogen functional groups attached to an aromatic ring is 1. The van der Waals surface area contributed by atoms with Crippen molar-refractivity contribution in [1.82, 2.24) is 4.57 Å². The second-order valence-electron chi connectivity index (χ2n) is 4.20. The predicted molar refractivity (Wildman–Crippen MR) is 74.1 cm³/mol. The first-order chi connectivity index (χ1) is 9.01. The summed E-state index contributed by atoms with van der Waals surface area (Å²) in [6, 6.07) is 9.09. The van der Waals surface area contributed by atoms with E-state index in [9.17, 15) is 0 Å². The molecular formula is C14H11ClN4. The fourth-order valence-corrected chi connectivity index (χ4v) is 2.24. The molecule has 0 aliphatic heterocycles. The van der Waals surface area contributed by atoms with Gasteiger partial charge in [0.25, 0.3) is 0 Å². The van der Waals surface area contributed by atoms with Crippen molar-refractivity contribution < 1.29 is 0 Å². The smallest absolute Gasteiger partial charge is 0.126 e. The Morgan fingerprint density at radius 3 is 2.42 bits per heavy atom. The third-order valence-electron chi connectivity index (χ3n) is 3.18. The van der Waals surface area contributed by atoms with Crippen molar-refractivity contribution in [2.75, 3.05) is 5.73 Å². The highest BCUT2D eigenvalue weighted by molar-refractivity contribution is 6.32. The van der Waals surface area contributed by atoms with E-state index in [1.165, 1.54) is 0 Å². The minimum absolute atomic E-state index is 0.342. The van der Waals surface area contributed by atoms with E-state index in [-0.39, 0.29) is 0 Å². The van der Waals surface area contributed by atoms with Crippen molar-refractivity contribution in [3.05, 3.63) is 45.6 Å². The summed E-state index contributed by atoms with van der Waals surface area (Å²) in [5.74, 6) is 0.342. The van der Waals surface area contributed by atoms with E-state index in [0.29, 0.717) is 27.7 Å². The summed E-state index contributed by atoms with van der Waals surface area (Å²) < 4.78 is 1.71. The van der Waals surface area contributed by atoms with E-state index >= 15 is 0 Å². The highest BCUT2D eigenvalue weighted by Gasteiger charge is 2.18. The zero-order chi connectivity index (χ0) is 14.2. The van der Waals surface area contributed by atoms with Crippen LogP contribution in [0.4, 0.5) is 5.82 Å². The molecule has 0 aliphatic carbocycles. The van der Waals surface area contributed by atoms with Crippen LogP contribution in [0.3, 0.4) is 0 Å². The number of anilines is 1. The van der Waals surface area contributed by atoms with Gasteiger partial charge < -0.3 is 5.73 Å². The number of hydrogen-bond acceptors (Lipinski definition) is 3. The third-order valence-corrected chi connectivity index (χ3v) is 3.50. The molecule has 1 aromatic carbocycles. The molecule has 0 aliphatic rings. The lowest BCUT2D eigenvalue weighted by atomic mass is 10.2. The molecule has 4 nitrogen and oxygen atoms in total. The first-order valence-corrected chi connectivity index (χ1v) is 5.96. The summed E-state index contributed by atoms with van der Waals surface area (Å²) in [6.45, 7) is 3.70. The maximum Gasteiger partial charge on any atom is 0.126 e. The van der Waals surface area contributed by atoms with Gasteiger partial charge in [0.2, 0.25) is 0 Å². The predicted octanol–water partition coefficient (Wildman–Crippen LogP) is 3.07. The van der Waals surface area contributed by atoms with E-state index in [0.717, 1.165) is 11.3 Å². The van der Waals surface area contributed by atoms with Crippen molar-refractivity contribution in [3.8, 4) is 17.8 Å². The van der Waals surface area contributed by atoms with Gasteiger partial charge in [-0.15, -0.1) is 0 Å². The van der Waals surface area contributed by atoms with Crippen molar-refractivity contribution >= 4 is 17.4 Å². The zero-order valence-electron chi connectivity index (χ0n) is 10.5. The van der Waals surface area contributed by atoms with Gasteiger partial charge in [-0.1, -0.05) is 11.6 Å². The third kappa shape index (κ3) is 1.93. The van der Waals surface area contributed by atoms with E-state index in [2.05, 4.69) is 12.1 Å². The van der Waals surface area contributed by atoms with Gasteiger partial charge in [0.05, 0.1) is 27.9 Å². The highest BCUT2D eigenvalue weighted by Crippen LogP contribution is 2.31. The number of nitrogens with two attached hydrogens (primary N) is 1. The van der Waals surface area contributed by atoms with Gasteiger partial charge in [-0.3, -0.25) is 4.57 Å². The molecule has 0 amide bonds. The summed E-state index contributed by atoms with van der Waals surface area (Å²) >= 11 is 6.17. The van der Waals surface area contributed by atoms with Crippen LogP contribution in [0.15, 0.2) is 18.2 Å². The van der Waals surface area contributed by atoms with Crippen LogP contribution in [-0.2, 0) is 0 Å². The van der Waals surface area contributed by atoms with Gasteiger partial charge in [-0.25, -0.2) is 0 Å². The topological polar surface area (TPSA) is 78.5 Å². The Kier molecular flexibility index (Phi) is 3.21. The zero-order valence-corrected chi connectivity index (χ0v) is 11.3. The molecule has 2 N–H and O–H groups in total. The summed E-state index contributed by atoms with van der Waals surface area (Å²) in [7, 11) is 0. The summed E-state index contributed by atoms with van der Waals surface area (Å²) in [5.41, 5.74) is 9.20. The average Bonchev–Trinajstić information content (AvgIpc) is 2.61. The minimum Gasteiger partial charge on any atom is -0.384 e. The number of halogens is 1. The van der Waals surface area contributed by atoms with Gasteiger partial charge in [0.15, 0.2) is 0 Å². The highest BCUT2D eigenvalue weighted by atomic mass is 35.5. The monoisotopic (exact) mass is 270 g/mol. The molecule has 94 valence electrons. The van der Waals surface area contributed by atoms with Crippen LogP contribution in [-0.4, -0.2) is 4.57 Å². The number of aromatic nitrogens is 1. The van der Waals surface area contributed by atoms with Crippen LogP contribution in [0.5, 0.6) is 0 Å². The van der Waals surface area contributed by atoms with Gasteiger partial charge in [-0.2, -0.15) is 10.5 Å². The second-order valence-corrected chi connectivity index (χ2v) is 4.60. The Hall–Kier alpha value is -2.43. The van der Waals surface area contributed by atoms with Crippen LogP contribution < -0.4 is 5.73 Å². The fourth-order valence-electron chi connectivity index (χ4n) is 2.04. The molecule has 0 saturated carbocycles. The van der Waals surface area contributed by atoms with Crippen molar-refractivity contribution in [2.45, 2.75) is 13.8 Å². The Morgan fingerprint density at radius 1 is 1.21 bits per heavy atom. The van der Waals surface area contributed by atoms with E-state index in [4.69, 9.17) is 27.9 Å². The summed E-state index contributed by atoms with van der Waals surface area (Å²) in [4.78, 5) is 0. The molecule has 0 spiro atoms. The van der Waals surface area contributed by atoms with Crippen molar-refractivity contribution in [2.24, 2.45) is 0 Å². The van der Waals surface area contributed by atoms with Crippen LogP contribution >= 0.6 is 11.6 Å². The summed E-state index contributed by atoms with van der Waals surface area (Å²) in [5, 5.41) is 18.6. The number of benzene rings is 1. The molecule has 2 aromatic rings. The molecule has 2 rings (SSSR count). The average molecular weight is 271 g/mol. The van der Waals surface area contributed by atoms with Crippen LogP contribution in [0, 0.1) is 36.5 Å². The number of nitrogens with zero attached hydrogens (tertiary/aromatic N) is 3. The van der Waals surface area contributed by atoms with Crippen molar-refractivity contribution in [3.63, 3.8) is 0 Å². The maximum absolute atomic E-state index is 9.13.